The summed E-state index contributed by atoms with van der Waals surface area (Å²) in [6, 6.07) is 46.0. The largest absolute Gasteiger partial charge is 0.236 e. The summed E-state index contributed by atoms with van der Waals surface area (Å²) in [7, 11) is 0. The Kier molecular flexibility index (Phi) is 4.75. The molecule has 7 aromatic rings. The van der Waals surface area contributed by atoms with Gasteiger partial charge in [-0.3, -0.25) is 0 Å². The Balaban J connectivity index is 1.46. The van der Waals surface area contributed by atoms with Crippen LogP contribution in [0, 0.1) is 0 Å². The number of pyridine rings is 1. The molecular formula is C36H26N2. The predicted molar refractivity (Wildman–Crippen MR) is 158 cm³/mol. The summed E-state index contributed by atoms with van der Waals surface area (Å²) in [6.45, 7) is 0. The third-order valence-electron chi connectivity index (χ3n) is 7.94. The van der Waals surface area contributed by atoms with Crippen LogP contribution in [0.25, 0.3) is 60.6 Å². The van der Waals surface area contributed by atoms with Crippen LogP contribution in [0.15, 0.2) is 127 Å². The molecule has 0 aliphatic heterocycles. The van der Waals surface area contributed by atoms with Gasteiger partial charge in [-0.05, 0) is 57.8 Å². The topological polar surface area (TPSA) is 17.3 Å². The van der Waals surface area contributed by atoms with Crippen molar-refractivity contribution in [2.24, 2.45) is 0 Å². The normalized spacial score (nSPS) is 13.5. The number of nitrogens with zero attached hydrogens (tertiary/aromatic N) is 2. The van der Waals surface area contributed by atoms with Gasteiger partial charge in [-0.25, -0.2) is 4.52 Å². The van der Waals surface area contributed by atoms with E-state index in [1.807, 2.05) is 0 Å². The molecule has 0 radical (unpaired) electrons. The minimum atomic E-state index is 0.584. The Labute approximate surface area is 221 Å². The van der Waals surface area contributed by atoms with E-state index in [-0.39, 0.29) is 0 Å². The number of hydrogen-bond donors (Lipinski definition) is 0. The van der Waals surface area contributed by atoms with E-state index in [1.54, 1.807) is 0 Å². The van der Waals surface area contributed by atoms with Gasteiger partial charge in [-0.15, -0.1) is 0 Å². The molecule has 2 aromatic heterocycles. The highest BCUT2D eigenvalue weighted by molar-refractivity contribution is 6.08. The number of rotatable bonds is 4. The molecule has 1 aliphatic rings. The van der Waals surface area contributed by atoms with Gasteiger partial charge in [-0.2, -0.15) is 5.10 Å². The first-order valence-electron chi connectivity index (χ1n) is 13.4. The van der Waals surface area contributed by atoms with E-state index in [0.717, 1.165) is 11.3 Å². The lowest BCUT2D eigenvalue weighted by molar-refractivity contribution is 0.866. The van der Waals surface area contributed by atoms with Gasteiger partial charge in [0.25, 0.3) is 0 Å². The van der Waals surface area contributed by atoms with E-state index >= 15 is 0 Å². The highest BCUT2D eigenvalue weighted by atomic mass is 15.2. The third-order valence-corrected chi connectivity index (χ3v) is 7.94. The highest BCUT2D eigenvalue weighted by Crippen LogP contribution is 2.45. The van der Waals surface area contributed by atoms with Crippen molar-refractivity contribution in [2.45, 2.75) is 18.8 Å². The van der Waals surface area contributed by atoms with Crippen LogP contribution in [-0.2, 0) is 0 Å². The molecule has 0 saturated heterocycles. The van der Waals surface area contributed by atoms with Crippen LogP contribution in [0.3, 0.4) is 0 Å². The van der Waals surface area contributed by atoms with E-state index in [2.05, 4.69) is 132 Å². The molecule has 1 aliphatic carbocycles. The van der Waals surface area contributed by atoms with E-state index in [4.69, 9.17) is 5.10 Å². The molecule has 0 amide bonds. The second-order valence-corrected chi connectivity index (χ2v) is 10.4. The van der Waals surface area contributed by atoms with Crippen LogP contribution in [-0.4, -0.2) is 9.61 Å². The lowest BCUT2D eigenvalue weighted by Gasteiger charge is -2.12. The average Bonchev–Trinajstić information content (AvgIpc) is 3.75. The van der Waals surface area contributed by atoms with E-state index < -0.39 is 0 Å². The minimum Gasteiger partial charge on any atom is -0.236 e. The quantitative estimate of drug-likeness (QED) is 0.242. The average molecular weight is 487 g/mol. The lowest BCUT2D eigenvalue weighted by Crippen LogP contribution is -1.98. The van der Waals surface area contributed by atoms with Crippen molar-refractivity contribution < 1.29 is 0 Å². The van der Waals surface area contributed by atoms with Gasteiger partial charge in [0.2, 0.25) is 0 Å². The molecular weight excluding hydrogens is 460 g/mol. The molecule has 2 nitrogen and oxygen atoms in total. The fraction of sp³-hybridized carbons (Fsp3) is 0.0833. The first-order chi connectivity index (χ1) is 18.8. The molecule has 2 heterocycles. The van der Waals surface area contributed by atoms with Gasteiger partial charge in [-0.1, -0.05) is 115 Å². The summed E-state index contributed by atoms with van der Waals surface area (Å²) in [6.07, 6.45) is 2.47. The molecule has 0 bridgehead atoms. The fourth-order valence-electron chi connectivity index (χ4n) is 5.97. The Morgan fingerprint density at radius 3 is 2.05 bits per heavy atom. The van der Waals surface area contributed by atoms with Crippen LogP contribution in [0.2, 0.25) is 0 Å². The molecule has 2 heteroatoms. The third kappa shape index (κ3) is 3.38. The molecule has 5 aromatic carbocycles. The number of hydrogen-bond acceptors (Lipinski definition) is 1. The maximum Gasteiger partial charge on any atom is 0.101 e. The van der Waals surface area contributed by atoms with Crippen LogP contribution in [0.5, 0.6) is 0 Å². The number of fused-ring (bicyclic) bond motifs is 4. The zero-order valence-corrected chi connectivity index (χ0v) is 21.0. The highest BCUT2D eigenvalue weighted by Gasteiger charge is 2.29. The molecule has 0 spiro atoms. The molecule has 180 valence electrons. The van der Waals surface area contributed by atoms with Crippen LogP contribution < -0.4 is 0 Å². The van der Waals surface area contributed by atoms with Crippen LogP contribution in [0.1, 0.15) is 24.5 Å². The second-order valence-electron chi connectivity index (χ2n) is 10.4. The SMILES string of the molecule is c1ccc(-c2nn3c(C4CC4)cc4ccccc4c3c2-c2cccc(-c3cccc4ccccc34)c2)cc1. The Morgan fingerprint density at radius 1 is 0.553 bits per heavy atom. The Hall–Kier alpha value is -4.69. The molecule has 0 atom stereocenters. The monoisotopic (exact) mass is 486 g/mol. The maximum absolute atomic E-state index is 5.34. The summed E-state index contributed by atoms with van der Waals surface area (Å²) >= 11 is 0. The number of aromatic nitrogens is 2. The number of benzene rings is 5. The minimum absolute atomic E-state index is 0.584. The molecule has 0 unspecified atom stereocenters. The van der Waals surface area contributed by atoms with Gasteiger partial charge in [0, 0.05) is 28.1 Å². The van der Waals surface area contributed by atoms with Crippen molar-refractivity contribution in [1.29, 1.82) is 0 Å². The van der Waals surface area contributed by atoms with Crippen molar-refractivity contribution in [3.05, 3.63) is 133 Å². The van der Waals surface area contributed by atoms with Gasteiger partial charge in [0.15, 0.2) is 0 Å². The molecule has 1 fully saturated rings. The molecule has 0 N–H and O–H groups in total. The summed E-state index contributed by atoms with van der Waals surface area (Å²) in [5.41, 5.74) is 9.60. The molecule has 1 saturated carbocycles. The van der Waals surface area contributed by atoms with Gasteiger partial charge >= 0.3 is 0 Å². The van der Waals surface area contributed by atoms with Crippen molar-refractivity contribution in [1.82, 2.24) is 9.61 Å². The first-order valence-corrected chi connectivity index (χ1v) is 13.4. The molecule has 8 rings (SSSR count). The smallest absolute Gasteiger partial charge is 0.101 e. The first kappa shape index (κ1) is 21.4. The standard InChI is InChI=1S/C36H26N2/c1-2-11-26(12-3-1)35-34(36-32-18-7-5-13-28(32)23-33(25-20-21-25)38(36)37-35)29-16-8-15-27(22-29)31-19-9-14-24-10-4-6-17-30(24)31/h1-19,22-23,25H,20-21H2. The van der Waals surface area contributed by atoms with Gasteiger partial charge in [0.1, 0.15) is 5.69 Å². The maximum atomic E-state index is 5.34. The van der Waals surface area contributed by atoms with E-state index in [0.29, 0.717) is 5.92 Å². The summed E-state index contributed by atoms with van der Waals surface area (Å²) in [5, 5.41) is 10.4. The van der Waals surface area contributed by atoms with Gasteiger partial charge < -0.3 is 0 Å². The van der Waals surface area contributed by atoms with E-state index in [9.17, 15) is 0 Å². The summed E-state index contributed by atoms with van der Waals surface area (Å²) < 4.78 is 2.25. The van der Waals surface area contributed by atoms with Gasteiger partial charge in [0.05, 0.1) is 5.52 Å². The molecule has 38 heavy (non-hydrogen) atoms. The Bertz CT molecular complexity index is 1970. The van der Waals surface area contributed by atoms with Crippen molar-refractivity contribution in [3.63, 3.8) is 0 Å². The summed E-state index contributed by atoms with van der Waals surface area (Å²) in [5.74, 6) is 0.584. The van der Waals surface area contributed by atoms with Crippen molar-refractivity contribution >= 4 is 27.1 Å². The fourth-order valence-corrected chi connectivity index (χ4v) is 5.97. The second kappa shape index (κ2) is 8.43. The van der Waals surface area contributed by atoms with Crippen LogP contribution >= 0.6 is 0 Å². The van der Waals surface area contributed by atoms with E-state index in [1.165, 1.54) is 67.9 Å². The summed E-state index contributed by atoms with van der Waals surface area (Å²) in [4.78, 5) is 0. The lowest BCUT2D eigenvalue weighted by atomic mass is 9.93. The zero-order chi connectivity index (χ0) is 25.1. The predicted octanol–water partition coefficient (Wildman–Crippen LogP) is 9.52. The zero-order valence-electron chi connectivity index (χ0n) is 21.0. The Morgan fingerprint density at radius 2 is 1.21 bits per heavy atom. The van der Waals surface area contributed by atoms with Crippen LogP contribution in [0.4, 0.5) is 0 Å². The van der Waals surface area contributed by atoms with Crippen molar-refractivity contribution in [2.75, 3.05) is 0 Å². The van der Waals surface area contributed by atoms with Crippen molar-refractivity contribution in [3.8, 4) is 33.5 Å².